The van der Waals surface area contributed by atoms with Crippen molar-refractivity contribution in [2.45, 2.75) is 47.1 Å². The number of aromatic nitrogens is 1. The number of halogens is 1. The Morgan fingerprint density at radius 3 is 1.92 bits per heavy atom. The van der Waals surface area contributed by atoms with Crippen LogP contribution in [0.25, 0.3) is 16.7 Å². The van der Waals surface area contributed by atoms with Crippen molar-refractivity contribution >= 4 is 22.5 Å². The van der Waals surface area contributed by atoms with Gasteiger partial charge < -0.3 is 14.8 Å². The van der Waals surface area contributed by atoms with Crippen LogP contribution in [0.15, 0.2) is 66.1 Å². The number of phenols is 2. The highest BCUT2D eigenvalue weighted by Crippen LogP contribution is 2.39. The minimum absolute atomic E-state index is 0.0748. The summed E-state index contributed by atoms with van der Waals surface area (Å²) >= 11 is 0. The van der Waals surface area contributed by atoms with Gasteiger partial charge >= 0.3 is 0 Å². The lowest BCUT2D eigenvalue weighted by atomic mass is 9.88. The summed E-state index contributed by atoms with van der Waals surface area (Å²) in [5.41, 5.74) is 1.90. The van der Waals surface area contributed by atoms with Crippen LogP contribution in [0, 0.1) is 11.7 Å². The molecule has 0 saturated carbocycles. The van der Waals surface area contributed by atoms with Gasteiger partial charge in [0, 0.05) is 12.2 Å². The number of carbonyl (C=O) groups excluding carboxylic acids is 1. The molecule has 1 heterocycles. The summed E-state index contributed by atoms with van der Waals surface area (Å²) < 4.78 is 17.6. The molecule has 1 atom stereocenters. The predicted octanol–water partition coefficient (Wildman–Crippen LogP) is 6.85. The van der Waals surface area contributed by atoms with E-state index in [1.54, 1.807) is 35.8 Å². The Kier molecular flexibility index (Phi) is 7.98. The number of nitrogens with zero attached hydrogens (tertiary/aromatic N) is 1. The molecule has 6 heteroatoms. The third kappa shape index (κ3) is 5.18. The fraction of sp³-hybridized carbons (Fsp3) is 0.267. The zero-order chi connectivity index (χ0) is 26.7. The number of ketones is 1. The highest BCUT2D eigenvalue weighted by atomic mass is 19.1. The van der Waals surface area contributed by atoms with Gasteiger partial charge in [-0.25, -0.2) is 4.39 Å². The van der Waals surface area contributed by atoms with Gasteiger partial charge in [0.25, 0.3) is 0 Å². The van der Waals surface area contributed by atoms with Crippen molar-refractivity contribution in [2.75, 3.05) is 0 Å². The third-order valence-electron chi connectivity index (χ3n) is 6.51. The van der Waals surface area contributed by atoms with E-state index in [1.165, 1.54) is 37.4 Å². The second-order valence-corrected chi connectivity index (χ2v) is 9.29. The molecule has 0 aliphatic heterocycles. The van der Waals surface area contributed by atoms with Gasteiger partial charge in [0.2, 0.25) is 5.43 Å². The van der Waals surface area contributed by atoms with Crippen LogP contribution in [0.4, 0.5) is 4.39 Å². The molecule has 2 N–H and O–H groups in total. The highest BCUT2D eigenvalue weighted by Gasteiger charge is 2.26. The molecule has 0 spiro atoms. The lowest BCUT2D eigenvalue weighted by molar-refractivity contribution is 0.101. The van der Waals surface area contributed by atoms with Crippen LogP contribution in [0.2, 0.25) is 0 Å². The summed E-state index contributed by atoms with van der Waals surface area (Å²) in [6.07, 6.45) is 2.13. The molecule has 0 bridgehead atoms. The molecule has 0 saturated heterocycles. The minimum Gasteiger partial charge on any atom is -0.508 e. The molecule has 36 heavy (non-hydrogen) atoms. The van der Waals surface area contributed by atoms with Crippen molar-refractivity contribution in [3.63, 3.8) is 0 Å². The standard InChI is InChI=1S/C30H32FNO4/c1-7-26(17(2)3)32-16-25(20(6)33)30(36)28(31)29(32)19(5)27(22-10-14-24(35)15-11-22)18(4)21-8-12-23(34)13-9-21/h8-17,26,34-35H,4,7H2,1-3,5-6H3/b27-19-/t26-/m0/s1. The van der Waals surface area contributed by atoms with Crippen molar-refractivity contribution in [3.05, 3.63) is 99.7 Å². The molecule has 3 rings (SSSR count). The van der Waals surface area contributed by atoms with Gasteiger partial charge in [-0.05, 0) is 78.3 Å². The average Bonchev–Trinajstić information content (AvgIpc) is 2.83. The van der Waals surface area contributed by atoms with Crippen LogP contribution >= 0.6 is 0 Å². The monoisotopic (exact) mass is 489 g/mol. The van der Waals surface area contributed by atoms with Gasteiger partial charge in [-0.2, -0.15) is 0 Å². The van der Waals surface area contributed by atoms with Crippen molar-refractivity contribution in [2.24, 2.45) is 5.92 Å². The number of rotatable bonds is 8. The van der Waals surface area contributed by atoms with Gasteiger partial charge in [0.1, 0.15) is 11.5 Å². The maximum Gasteiger partial charge on any atom is 0.228 e. The maximum atomic E-state index is 15.9. The van der Waals surface area contributed by atoms with Crippen molar-refractivity contribution in [3.8, 4) is 11.5 Å². The molecule has 0 amide bonds. The summed E-state index contributed by atoms with van der Waals surface area (Å²) in [6.45, 7) is 13.2. The zero-order valence-corrected chi connectivity index (χ0v) is 21.3. The smallest absolute Gasteiger partial charge is 0.228 e. The highest BCUT2D eigenvalue weighted by molar-refractivity contribution is 6.13. The Balaban J connectivity index is 2.45. The summed E-state index contributed by atoms with van der Waals surface area (Å²) in [7, 11) is 0. The van der Waals surface area contributed by atoms with E-state index in [0.29, 0.717) is 34.3 Å². The maximum absolute atomic E-state index is 15.9. The number of phenolic OH excluding ortho intramolecular Hbond substituents is 2. The lowest BCUT2D eigenvalue weighted by Crippen LogP contribution is -2.27. The zero-order valence-electron chi connectivity index (χ0n) is 21.3. The van der Waals surface area contributed by atoms with Crippen LogP contribution in [0.3, 0.4) is 0 Å². The van der Waals surface area contributed by atoms with Crippen LogP contribution in [0.1, 0.15) is 74.3 Å². The number of aromatic hydroxyl groups is 2. The third-order valence-corrected chi connectivity index (χ3v) is 6.51. The molecule has 0 aliphatic carbocycles. The fourth-order valence-electron chi connectivity index (χ4n) is 4.63. The number of benzene rings is 2. The normalized spacial score (nSPS) is 12.9. The summed E-state index contributed by atoms with van der Waals surface area (Å²) in [5, 5.41) is 19.6. The molecular weight excluding hydrogens is 457 g/mol. The van der Waals surface area contributed by atoms with E-state index < -0.39 is 17.0 Å². The number of pyridine rings is 1. The van der Waals surface area contributed by atoms with Crippen molar-refractivity contribution in [1.82, 2.24) is 4.57 Å². The van der Waals surface area contributed by atoms with Gasteiger partial charge in [-0.1, -0.05) is 51.6 Å². The number of hydrogen-bond acceptors (Lipinski definition) is 4. The predicted molar refractivity (Wildman–Crippen MR) is 143 cm³/mol. The van der Waals surface area contributed by atoms with E-state index in [2.05, 4.69) is 6.58 Å². The van der Waals surface area contributed by atoms with E-state index in [9.17, 15) is 19.8 Å². The van der Waals surface area contributed by atoms with E-state index >= 15 is 4.39 Å². The van der Waals surface area contributed by atoms with Crippen LogP contribution in [-0.4, -0.2) is 20.6 Å². The molecule has 0 fully saturated rings. The average molecular weight is 490 g/mol. The molecule has 2 aromatic carbocycles. The second kappa shape index (κ2) is 10.8. The second-order valence-electron chi connectivity index (χ2n) is 9.29. The van der Waals surface area contributed by atoms with Crippen molar-refractivity contribution < 1.29 is 19.4 Å². The molecule has 3 aromatic rings. The molecule has 5 nitrogen and oxygen atoms in total. The largest absolute Gasteiger partial charge is 0.508 e. The Morgan fingerprint density at radius 2 is 1.47 bits per heavy atom. The molecule has 0 aliphatic rings. The van der Waals surface area contributed by atoms with Crippen molar-refractivity contribution in [1.29, 1.82) is 0 Å². The Labute approximate surface area is 210 Å². The number of hydrogen-bond donors (Lipinski definition) is 2. The quantitative estimate of drug-likeness (QED) is 0.268. The van der Waals surface area contributed by atoms with E-state index in [0.717, 1.165) is 0 Å². The van der Waals surface area contributed by atoms with Crippen LogP contribution in [0.5, 0.6) is 11.5 Å². The first-order valence-corrected chi connectivity index (χ1v) is 11.9. The molecule has 0 radical (unpaired) electrons. The van der Waals surface area contributed by atoms with Gasteiger partial charge in [-0.15, -0.1) is 0 Å². The lowest BCUT2D eigenvalue weighted by Gasteiger charge is -2.28. The molecule has 1 aromatic heterocycles. The Hall–Kier alpha value is -3.93. The van der Waals surface area contributed by atoms with E-state index in [-0.39, 0.29) is 34.7 Å². The first-order valence-electron chi connectivity index (χ1n) is 11.9. The Morgan fingerprint density at radius 1 is 0.972 bits per heavy atom. The van der Waals surface area contributed by atoms with Gasteiger partial charge in [0.15, 0.2) is 11.6 Å². The summed E-state index contributed by atoms with van der Waals surface area (Å²) in [5.74, 6) is -1.21. The fourth-order valence-corrected chi connectivity index (χ4v) is 4.63. The SMILES string of the molecule is C=C(/C(=C(\C)c1c(F)c(=O)c(C(C)=O)cn1[C@@H](CC)C(C)C)c1ccc(O)cc1)c1ccc(O)cc1. The molecule has 0 unspecified atom stereocenters. The first-order chi connectivity index (χ1) is 17.0. The van der Waals surface area contributed by atoms with E-state index in [4.69, 9.17) is 0 Å². The molecule has 188 valence electrons. The number of Topliss-reactive ketones (excluding diaryl/α,β-unsaturated/α-hetero) is 1. The van der Waals surface area contributed by atoms with Gasteiger partial charge in [-0.3, -0.25) is 9.59 Å². The van der Waals surface area contributed by atoms with Crippen LogP contribution < -0.4 is 5.43 Å². The summed E-state index contributed by atoms with van der Waals surface area (Å²) in [6, 6.07) is 12.8. The first kappa shape index (κ1) is 26.7. The van der Waals surface area contributed by atoms with Crippen LogP contribution in [-0.2, 0) is 0 Å². The van der Waals surface area contributed by atoms with E-state index in [1.807, 2.05) is 20.8 Å². The van der Waals surface area contributed by atoms with Gasteiger partial charge in [0.05, 0.1) is 11.3 Å². The number of carbonyl (C=O) groups is 1. The summed E-state index contributed by atoms with van der Waals surface area (Å²) in [4.78, 5) is 25.1. The topological polar surface area (TPSA) is 79.5 Å². The number of allylic oxidation sites excluding steroid dienone is 3. The molecular formula is C30H32FNO4. The Bertz CT molecular complexity index is 1380. The minimum atomic E-state index is -0.992.